The second kappa shape index (κ2) is 5.22. The van der Waals surface area contributed by atoms with Crippen LogP contribution < -0.4 is 5.32 Å². The minimum Gasteiger partial charge on any atom is -0.309 e. The molecule has 1 unspecified atom stereocenters. The van der Waals surface area contributed by atoms with Crippen LogP contribution in [0.15, 0.2) is 12.4 Å². The number of nitrogens with zero attached hydrogens (tertiary/aromatic N) is 2. The highest BCUT2D eigenvalue weighted by Gasteiger charge is 2.37. The van der Waals surface area contributed by atoms with E-state index in [0.717, 1.165) is 19.3 Å². The highest BCUT2D eigenvalue weighted by atomic mass is 35.5. The standard InChI is InChI=1S/C13H18ClN3O/c1-13(2)6-4-3-5-9(13)12(18)17-11-8-15-10(14)7-16-11/h7-9H,3-6H2,1-2H3,(H,16,17,18). The fraction of sp³-hybridized carbons (Fsp3) is 0.615. The highest BCUT2D eigenvalue weighted by molar-refractivity contribution is 6.29. The van der Waals surface area contributed by atoms with Gasteiger partial charge >= 0.3 is 0 Å². The summed E-state index contributed by atoms with van der Waals surface area (Å²) in [7, 11) is 0. The number of rotatable bonds is 2. The van der Waals surface area contributed by atoms with Gasteiger partial charge in [0.25, 0.3) is 0 Å². The normalized spacial score (nSPS) is 22.5. The first-order chi connectivity index (χ1) is 8.49. The first-order valence-corrected chi connectivity index (χ1v) is 6.65. The van der Waals surface area contributed by atoms with Crippen molar-refractivity contribution in [3.8, 4) is 0 Å². The average molecular weight is 268 g/mol. The summed E-state index contributed by atoms with van der Waals surface area (Å²) in [6.45, 7) is 4.31. The van der Waals surface area contributed by atoms with Gasteiger partial charge in [0.2, 0.25) is 5.91 Å². The lowest BCUT2D eigenvalue weighted by Gasteiger charge is -2.37. The van der Waals surface area contributed by atoms with Crippen molar-refractivity contribution < 1.29 is 4.79 Å². The van der Waals surface area contributed by atoms with Crippen LogP contribution in [-0.4, -0.2) is 15.9 Å². The van der Waals surface area contributed by atoms with Crippen LogP contribution in [0, 0.1) is 11.3 Å². The molecule has 1 N–H and O–H groups in total. The molecule has 5 heteroatoms. The molecule has 0 radical (unpaired) electrons. The molecule has 1 atom stereocenters. The lowest BCUT2D eigenvalue weighted by atomic mass is 9.68. The second-order valence-corrected chi connectivity index (χ2v) is 5.89. The lowest BCUT2D eigenvalue weighted by Crippen LogP contribution is -2.37. The van der Waals surface area contributed by atoms with Crippen molar-refractivity contribution in [2.45, 2.75) is 39.5 Å². The van der Waals surface area contributed by atoms with E-state index in [9.17, 15) is 4.79 Å². The quantitative estimate of drug-likeness (QED) is 0.895. The Labute approximate surface area is 112 Å². The van der Waals surface area contributed by atoms with Gasteiger partial charge in [-0.25, -0.2) is 9.97 Å². The first-order valence-electron chi connectivity index (χ1n) is 6.27. The predicted octanol–water partition coefficient (Wildman–Crippen LogP) is 3.28. The summed E-state index contributed by atoms with van der Waals surface area (Å²) in [5.74, 6) is 0.547. The molecule has 1 aromatic rings. The molecule has 4 nitrogen and oxygen atoms in total. The maximum absolute atomic E-state index is 12.3. The van der Waals surface area contributed by atoms with Crippen molar-refractivity contribution in [1.29, 1.82) is 0 Å². The van der Waals surface area contributed by atoms with Crippen LogP contribution in [0.25, 0.3) is 0 Å². The number of aromatic nitrogens is 2. The number of carbonyl (C=O) groups is 1. The summed E-state index contributed by atoms with van der Waals surface area (Å²) < 4.78 is 0. The Hall–Kier alpha value is -1.16. The molecule has 0 spiro atoms. The maximum Gasteiger partial charge on any atom is 0.229 e. The van der Waals surface area contributed by atoms with Crippen LogP contribution in [0.2, 0.25) is 5.15 Å². The van der Waals surface area contributed by atoms with Crippen LogP contribution in [0.4, 0.5) is 5.82 Å². The van der Waals surface area contributed by atoms with Crippen LogP contribution in [0.5, 0.6) is 0 Å². The van der Waals surface area contributed by atoms with Crippen molar-refractivity contribution in [2.24, 2.45) is 11.3 Å². The van der Waals surface area contributed by atoms with E-state index in [-0.39, 0.29) is 17.2 Å². The Morgan fingerprint density at radius 2 is 2.17 bits per heavy atom. The molecule has 18 heavy (non-hydrogen) atoms. The van der Waals surface area contributed by atoms with E-state index in [4.69, 9.17) is 11.6 Å². The number of hydrogen-bond donors (Lipinski definition) is 1. The molecular formula is C13H18ClN3O. The van der Waals surface area contributed by atoms with Gasteiger partial charge in [-0.05, 0) is 18.3 Å². The van der Waals surface area contributed by atoms with E-state index in [1.165, 1.54) is 18.8 Å². The molecule has 98 valence electrons. The Balaban J connectivity index is 2.05. The SMILES string of the molecule is CC1(C)CCCCC1C(=O)Nc1cnc(Cl)cn1. The summed E-state index contributed by atoms with van der Waals surface area (Å²) in [5.41, 5.74) is 0.0577. The summed E-state index contributed by atoms with van der Waals surface area (Å²) in [4.78, 5) is 20.2. The van der Waals surface area contributed by atoms with Gasteiger partial charge in [0.1, 0.15) is 5.15 Å². The summed E-state index contributed by atoms with van der Waals surface area (Å²) in [6.07, 6.45) is 7.28. The van der Waals surface area contributed by atoms with Crippen molar-refractivity contribution in [1.82, 2.24) is 9.97 Å². The third-order valence-electron chi connectivity index (χ3n) is 3.70. The van der Waals surface area contributed by atoms with E-state index in [2.05, 4.69) is 29.1 Å². The van der Waals surface area contributed by atoms with Crippen molar-refractivity contribution in [3.05, 3.63) is 17.5 Å². The van der Waals surface area contributed by atoms with Crippen LogP contribution in [0.3, 0.4) is 0 Å². The third-order valence-corrected chi connectivity index (χ3v) is 3.89. The van der Waals surface area contributed by atoms with E-state index in [1.54, 1.807) is 0 Å². The summed E-state index contributed by atoms with van der Waals surface area (Å²) in [5, 5.41) is 3.15. The van der Waals surface area contributed by atoms with Gasteiger partial charge in [0.15, 0.2) is 5.82 Å². The second-order valence-electron chi connectivity index (χ2n) is 5.50. The zero-order valence-corrected chi connectivity index (χ0v) is 11.5. The van der Waals surface area contributed by atoms with E-state index in [1.807, 2.05) is 0 Å². The van der Waals surface area contributed by atoms with Crippen molar-refractivity contribution >= 4 is 23.3 Å². The molecule has 1 heterocycles. The largest absolute Gasteiger partial charge is 0.309 e. The molecule has 1 aliphatic rings. The third kappa shape index (κ3) is 2.99. The topological polar surface area (TPSA) is 54.9 Å². The molecule has 1 saturated carbocycles. The zero-order chi connectivity index (χ0) is 13.2. The van der Waals surface area contributed by atoms with Gasteiger partial charge in [-0.15, -0.1) is 0 Å². The number of nitrogens with one attached hydrogen (secondary N) is 1. The summed E-state index contributed by atoms with van der Waals surface area (Å²) in [6, 6.07) is 0. The fourth-order valence-corrected chi connectivity index (χ4v) is 2.67. The van der Waals surface area contributed by atoms with Gasteiger partial charge in [0.05, 0.1) is 12.4 Å². The van der Waals surface area contributed by atoms with E-state index < -0.39 is 0 Å². The fourth-order valence-electron chi connectivity index (χ4n) is 2.57. The molecule has 0 saturated heterocycles. The van der Waals surface area contributed by atoms with Crippen LogP contribution in [-0.2, 0) is 4.79 Å². The molecule has 0 aliphatic heterocycles. The molecule has 0 bridgehead atoms. The minimum atomic E-state index is 0.0383. The predicted molar refractivity (Wildman–Crippen MR) is 71.4 cm³/mol. The maximum atomic E-state index is 12.3. The van der Waals surface area contributed by atoms with Crippen molar-refractivity contribution in [3.63, 3.8) is 0 Å². The number of halogens is 1. The van der Waals surface area contributed by atoms with Gasteiger partial charge in [-0.1, -0.05) is 38.3 Å². The molecule has 1 aromatic heterocycles. The molecule has 1 aliphatic carbocycles. The smallest absolute Gasteiger partial charge is 0.229 e. The molecular weight excluding hydrogens is 250 g/mol. The number of hydrogen-bond acceptors (Lipinski definition) is 3. The van der Waals surface area contributed by atoms with E-state index >= 15 is 0 Å². The monoisotopic (exact) mass is 267 g/mol. The van der Waals surface area contributed by atoms with Gasteiger partial charge in [-0.2, -0.15) is 0 Å². The van der Waals surface area contributed by atoms with E-state index in [0.29, 0.717) is 11.0 Å². The Bertz CT molecular complexity index is 430. The summed E-state index contributed by atoms with van der Waals surface area (Å²) >= 11 is 5.66. The first kappa shape index (κ1) is 13.3. The molecule has 0 aromatic carbocycles. The van der Waals surface area contributed by atoms with Gasteiger partial charge in [-0.3, -0.25) is 4.79 Å². The lowest BCUT2D eigenvalue weighted by molar-refractivity contribution is -0.124. The zero-order valence-electron chi connectivity index (χ0n) is 10.7. The van der Waals surface area contributed by atoms with Gasteiger partial charge in [0, 0.05) is 5.92 Å². The number of carbonyl (C=O) groups excluding carboxylic acids is 1. The Morgan fingerprint density at radius 1 is 1.39 bits per heavy atom. The number of amides is 1. The van der Waals surface area contributed by atoms with Crippen LogP contribution >= 0.6 is 11.6 Å². The molecule has 1 amide bonds. The molecule has 2 rings (SSSR count). The Kier molecular flexibility index (Phi) is 3.85. The Morgan fingerprint density at radius 3 is 2.78 bits per heavy atom. The van der Waals surface area contributed by atoms with Crippen molar-refractivity contribution in [2.75, 3.05) is 5.32 Å². The van der Waals surface area contributed by atoms with Gasteiger partial charge < -0.3 is 5.32 Å². The number of anilines is 1. The van der Waals surface area contributed by atoms with Crippen LogP contribution in [0.1, 0.15) is 39.5 Å². The highest BCUT2D eigenvalue weighted by Crippen LogP contribution is 2.40. The average Bonchev–Trinajstić information content (AvgIpc) is 2.31. The molecule has 1 fully saturated rings. The minimum absolute atomic E-state index is 0.0383.